The zero-order valence-corrected chi connectivity index (χ0v) is 20.0. The lowest BCUT2D eigenvalue weighted by Crippen LogP contribution is -2.38. The van der Waals surface area contributed by atoms with Crippen molar-refractivity contribution in [1.82, 2.24) is 14.6 Å². The molecule has 0 saturated carbocycles. The van der Waals surface area contributed by atoms with Crippen LogP contribution < -0.4 is 15.5 Å². The molecule has 0 unspecified atom stereocenters. The number of carbonyl (C=O) groups excluding carboxylic acids is 2. The van der Waals surface area contributed by atoms with Gasteiger partial charge >= 0.3 is 0 Å². The Morgan fingerprint density at radius 3 is 2.32 bits per heavy atom. The first-order chi connectivity index (χ1) is 16.4. The van der Waals surface area contributed by atoms with Crippen LogP contribution in [0.1, 0.15) is 48.9 Å². The third-order valence-electron chi connectivity index (χ3n) is 6.21. The van der Waals surface area contributed by atoms with Crippen LogP contribution >= 0.6 is 0 Å². The fourth-order valence-corrected chi connectivity index (χ4v) is 6.16. The second-order valence-corrected chi connectivity index (χ2v) is 10.6. The number of nitrogens with one attached hydrogen (secondary N) is 2. The molecule has 10 heteroatoms. The average Bonchev–Trinajstić information content (AvgIpc) is 2.88. The second kappa shape index (κ2) is 11.0. The Morgan fingerprint density at radius 1 is 0.941 bits per heavy atom. The molecule has 4 rings (SSSR count). The normalized spacial score (nSPS) is 17.2. The molecule has 2 amide bonds. The van der Waals surface area contributed by atoms with Crippen LogP contribution in [0.3, 0.4) is 0 Å². The molecule has 182 valence electrons. The van der Waals surface area contributed by atoms with Gasteiger partial charge in [-0.25, -0.2) is 8.42 Å². The number of aromatic nitrogens is 1. The van der Waals surface area contributed by atoms with Crippen molar-refractivity contribution in [3.05, 3.63) is 48.3 Å². The van der Waals surface area contributed by atoms with E-state index in [1.807, 2.05) is 0 Å². The number of benzene rings is 1. The van der Waals surface area contributed by atoms with E-state index in [1.54, 1.807) is 30.5 Å². The molecule has 1 aromatic carbocycles. The number of amides is 2. The van der Waals surface area contributed by atoms with Gasteiger partial charge in [0.1, 0.15) is 4.90 Å². The zero-order valence-electron chi connectivity index (χ0n) is 19.2. The maximum atomic E-state index is 13.6. The number of carbonyl (C=O) groups is 2. The fraction of sp³-hybridized carbons (Fsp3) is 0.458. The lowest BCUT2D eigenvalue weighted by molar-refractivity contribution is -0.115. The summed E-state index contributed by atoms with van der Waals surface area (Å²) in [5, 5.41) is 5.24. The number of nitrogens with zero attached hydrogens (tertiary/aromatic N) is 3. The minimum absolute atomic E-state index is 0.170. The summed E-state index contributed by atoms with van der Waals surface area (Å²) in [5.74, 6) is -0.894. The van der Waals surface area contributed by atoms with Crippen LogP contribution in [-0.2, 0) is 14.8 Å². The van der Waals surface area contributed by atoms with Crippen LogP contribution in [0.2, 0.25) is 0 Å². The lowest BCUT2D eigenvalue weighted by Gasteiger charge is -2.33. The highest BCUT2D eigenvalue weighted by atomic mass is 32.2. The zero-order chi connectivity index (χ0) is 24.0. The van der Waals surface area contributed by atoms with E-state index in [2.05, 4.69) is 20.5 Å². The van der Waals surface area contributed by atoms with Gasteiger partial charge in [-0.2, -0.15) is 4.31 Å². The van der Waals surface area contributed by atoms with Gasteiger partial charge in [-0.3, -0.25) is 14.6 Å². The Hall–Kier alpha value is -2.98. The van der Waals surface area contributed by atoms with E-state index in [4.69, 9.17) is 0 Å². The molecule has 0 radical (unpaired) electrons. The number of anilines is 2. The number of pyridine rings is 1. The summed E-state index contributed by atoms with van der Waals surface area (Å²) >= 11 is 0. The molecule has 2 saturated heterocycles. The number of hydrogen-bond donors (Lipinski definition) is 2. The molecule has 2 aliphatic heterocycles. The van der Waals surface area contributed by atoms with Crippen molar-refractivity contribution in [1.29, 1.82) is 0 Å². The number of rotatable bonds is 7. The second-order valence-electron chi connectivity index (χ2n) is 8.67. The highest BCUT2D eigenvalue weighted by Gasteiger charge is 2.31. The standard InChI is InChI=1S/C24H31N5O4S/c30-23(27-20-8-7-11-25-17-20)18-26-24(31)19-9-10-21(28-12-3-1-4-13-28)22(16-19)34(32,33)29-14-5-2-6-15-29/h7-11,16-17H,1-6,12-15,18H2,(H,26,31)(H,27,30). The van der Waals surface area contributed by atoms with E-state index in [9.17, 15) is 18.0 Å². The summed E-state index contributed by atoms with van der Waals surface area (Å²) in [7, 11) is -3.74. The SMILES string of the molecule is O=C(CNC(=O)c1ccc(N2CCCCC2)c(S(=O)(=O)N2CCCCC2)c1)Nc1cccnc1. The Bertz CT molecular complexity index is 1110. The monoisotopic (exact) mass is 485 g/mol. The summed E-state index contributed by atoms with van der Waals surface area (Å²) < 4.78 is 28.7. The molecule has 9 nitrogen and oxygen atoms in total. The Balaban J connectivity index is 1.53. The van der Waals surface area contributed by atoms with Gasteiger partial charge in [0.15, 0.2) is 0 Å². The van der Waals surface area contributed by atoms with Crippen molar-refractivity contribution in [3.8, 4) is 0 Å². The Labute approximate surface area is 200 Å². The van der Waals surface area contributed by atoms with E-state index in [0.717, 1.165) is 51.6 Å². The lowest BCUT2D eigenvalue weighted by atomic mass is 10.1. The number of sulfonamides is 1. The van der Waals surface area contributed by atoms with Crippen molar-refractivity contribution >= 4 is 33.2 Å². The van der Waals surface area contributed by atoms with Crippen molar-refractivity contribution < 1.29 is 18.0 Å². The molecule has 2 aliphatic rings. The minimum Gasteiger partial charge on any atom is -0.370 e. The number of hydrogen-bond acceptors (Lipinski definition) is 6. The van der Waals surface area contributed by atoms with E-state index in [-0.39, 0.29) is 17.0 Å². The predicted octanol–water partition coefficient (Wildman–Crippen LogP) is 2.62. The van der Waals surface area contributed by atoms with Gasteiger partial charge in [0.05, 0.1) is 24.1 Å². The van der Waals surface area contributed by atoms with E-state index in [1.165, 1.54) is 16.6 Å². The summed E-state index contributed by atoms with van der Waals surface area (Å²) in [6, 6.07) is 8.22. The van der Waals surface area contributed by atoms with Gasteiger partial charge in [-0.15, -0.1) is 0 Å². The molecule has 2 aromatic rings. The van der Waals surface area contributed by atoms with Gasteiger partial charge in [-0.05, 0) is 62.4 Å². The maximum Gasteiger partial charge on any atom is 0.251 e. The summed E-state index contributed by atoms with van der Waals surface area (Å²) in [6.45, 7) is 2.33. The third kappa shape index (κ3) is 5.74. The summed E-state index contributed by atoms with van der Waals surface area (Å²) in [4.78, 5) is 31.2. The Kier molecular flexibility index (Phi) is 7.79. The molecular weight excluding hydrogens is 454 g/mol. The quantitative estimate of drug-likeness (QED) is 0.624. The van der Waals surface area contributed by atoms with Crippen LogP contribution in [-0.4, -0.2) is 62.2 Å². The maximum absolute atomic E-state index is 13.6. The van der Waals surface area contributed by atoms with Gasteiger partial charge in [0.25, 0.3) is 5.91 Å². The summed E-state index contributed by atoms with van der Waals surface area (Å²) in [6.07, 6.45) is 8.96. The van der Waals surface area contributed by atoms with Crippen LogP contribution in [0, 0.1) is 0 Å². The molecular formula is C24H31N5O4S. The van der Waals surface area contributed by atoms with Crippen molar-refractivity contribution in [3.63, 3.8) is 0 Å². The first kappa shape index (κ1) is 24.2. The Morgan fingerprint density at radius 2 is 1.65 bits per heavy atom. The summed E-state index contributed by atoms with van der Waals surface area (Å²) in [5.41, 5.74) is 1.39. The third-order valence-corrected chi connectivity index (χ3v) is 8.13. The smallest absolute Gasteiger partial charge is 0.251 e. The van der Waals surface area contributed by atoms with Crippen molar-refractivity contribution in [2.45, 2.75) is 43.4 Å². The number of piperidine rings is 2. The van der Waals surface area contributed by atoms with E-state index < -0.39 is 21.8 Å². The fourth-order valence-electron chi connectivity index (χ4n) is 4.41. The molecule has 0 aliphatic carbocycles. The van der Waals surface area contributed by atoms with Crippen molar-refractivity contribution in [2.75, 3.05) is 42.9 Å². The molecule has 0 spiro atoms. The first-order valence-corrected chi connectivity index (χ1v) is 13.3. The van der Waals surface area contributed by atoms with Crippen molar-refractivity contribution in [2.24, 2.45) is 0 Å². The highest BCUT2D eigenvalue weighted by molar-refractivity contribution is 7.89. The van der Waals surface area contributed by atoms with Gasteiger partial charge < -0.3 is 15.5 Å². The molecule has 3 heterocycles. The highest BCUT2D eigenvalue weighted by Crippen LogP contribution is 2.32. The molecule has 1 aromatic heterocycles. The molecule has 34 heavy (non-hydrogen) atoms. The van der Waals surface area contributed by atoms with E-state index in [0.29, 0.717) is 24.5 Å². The predicted molar refractivity (Wildman–Crippen MR) is 130 cm³/mol. The van der Waals surface area contributed by atoms with Gasteiger partial charge in [0, 0.05) is 37.9 Å². The molecule has 2 fully saturated rings. The topological polar surface area (TPSA) is 112 Å². The van der Waals surface area contributed by atoms with Crippen LogP contribution in [0.4, 0.5) is 11.4 Å². The average molecular weight is 486 g/mol. The first-order valence-electron chi connectivity index (χ1n) is 11.8. The molecule has 0 atom stereocenters. The van der Waals surface area contributed by atoms with Crippen LogP contribution in [0.25, 0.3) is 0 Å². The van der Waals surface area contributed by atoms with E-state index >= 15 is 0 Å². The van der Waals surface area contributed by atoms with Gasteiger partial charge in [-0.1, -0.05) is 6.42 Å². The largest absolute Gasteiger partial charge is 0.370 e. The molecule has 2 N–H and O–H groups in total. The molecule has 0 bridgehead atoms. The van der Waals surface area contributed by atoms with Crippen LogP contribution in [0.5, 0.6) is 0 Å². The van der Waals surface area contributed by atoms with Crippen LogP contribution in [0.15, 0.2) is 47.6 Å². The minimum atomic E-state index is -3.74. The van der Waals surface area contributed by atoms with Gasteiger partial charge in [0.2, 0.25) is 15.9 Å².